The van der Waals surface area contributed by atoms with Gasteiger partial charge >= 0.3 is 0 Å². The number of thiazole rings is 1. The summed E-state index contributed by atoms with van der Waals surface area (Å²) >= 11 is 1.45. The van der Waals surface area contributed by atoms with Crippen LogP contribution in [0.25, 0.3) is 10.2 Å². The molecule has 0 aliphatic carbocycles. The molecule has 1 aromatic heterocycles. The lowest BCUT2D eigenvalue weighted by Crippen LogP contribution is -2.55. The maximum atomic E-state index is 13.4. The number of aromatic nitrogens is 1. The Morgan fingerprint density at radius 1 is 1.11 bits per heavy atom. The number of amides is 1. The van der Waals surface area contributed by atoms with Crippen LogP contribution in [0.3, 0.4) is 0 Å². The molecule has 1 atom stereocenters. The van der Waals surface area contributed by atoms with Crippen LogP contribution in [-0.2, 0) is 14.8 Å². The van der Waals surface area contributed by atoms with Crippen LogP contribution in [-0.4, -0.2) is 63.5 Å². The second kappa shape index (κ2) is 10.5. The lowest BCUT2D eigenvalue weighted by atomic mass is 10.0. The van der Waals surface area contributed by atoms with Crippen LogP contribution >= 0.6 is 11.3 Å². The summed E-state index contributed by atoms with van der Waals surface area (Å²) < 4.78 is 35.2. The molecule has 1 saturated heterocycles. The minimum absolute atomic E-state index is 0.152. The third-order valence-electron chi connectivity index (χ3n) is 6.11. The van der Waals surface area contributed by atoms with Gasteiger partial charge in [-0.15, -0.1) is 11.3 Å². The Hall–Kier alpha value is -2.69. The Morgan fingerprint density at radius 3 is 2.43 bits per heavy atom. The number of piperazine rings is 1. The zero-order valence-electron chi connectivity index (χ0n) is 20.5. The fraction of sp³-hybridized carbons (Fsp3) is 0.440. The normalized spacial score (nSPS) is 15.6. The van der Waals surface area contributed by atoms with E-state index in [2.05, 4.69) is 14.6 Å². The molecule has 1 N–H and O–H groups in total. The first kappa shape index (κ1) is 25.4. The number of hydrogen-bond donors (Lipinski definition) is 1. The molecule has 0 radical (unpaired) electrons. The van der Waals surface area contributed by atoms with Gasteiger partial charge in [0.1, 0.15) is 11.8 Å². The number of sulfonamides is 1. The van der Waals surface area contributed by atoms with E-state index in [4.69, 9.17) is 4.74 Å². The summed E-state index contributed by atoms with van der Waals surface area (Å²) in [5.74, 6) is 0.779. The number of anilines is 1. The second-order valence-corrected chi connectivity index (χ2v) is 12.1. The van der Waals surface area contributed by atoms with E-state index in [1.165, 1.54) is 11.3 Å². The number of nitrogens with one attached hydrogen (secondary N) is 1. The average Bonchev–Trinajstić information content (AvgIpc) is 3.22. The quantitative estimate of drug-likeness (QED) is 0.491. The van der Waals surface area contributed by atoms with Gasteiger partial charge in [-0.05, 0) is 61.7 Å². The van der Waals surface area contributed by atoms with E-state index in [1.807, 2.05) is 45.0 Å². The summed E-state index contributed by atoms with van der Waals surface area (Å²) in [5, 5.41) is 0.879. The summed E-state index contributed by atoms with van der Waals surface area (Å²) in [4.78, 5) is 22.0. The van der Waals surface area contributed by atoms with E-state index in [9.17, 15) is 13.2 Å². The largest absolute Gasteiger partial charge is 0.497 e. The fourth-order valence-corrected chi connectivity index (χ4v) is 6.48. The van der Waals surface area contributed by atoms with Crippen molar-refractivity contribution in [2.75, 3.05) is 38.2 Å². The molecular weight excluding hydrogens is 484 g/mol. The van der Waals surface area contributed by atoms with Crippen molar-refractivity contribution in [1.82, 2.24) is 14.6 Å². The van der Waals surface area contributed by atoms with Crippen LogP contribution < -0.4 is 14.4 Å². The maximum Gasteiger partial charge on any atom is 0.241 e. The highest BCUT2D eigenvalue weighted by Crippen LogP contribution is 2.25. The molecule has 1 fully saturated rings. The number of fused-ring (bicyclic) bond motifs is 1. The third kappa shape index (κ3) is 5.94. The van der Waals surface area contributed by atoms with E-state index in [-0.39, 0.29) is 16.7 Å². The Bertz CT molecular complexity index is 1280. The van der Waals surface area contributed by atoms with Crippen LogP contribution in [0.1, 0.15) is 25.3 Å². The van der Waals surface area contributed by atoms with E-state index in [0.29, 0.717) is 32.6 Å². The summed E-state index contributed by atoms with van der Waals surface area (Å²) in [6.45, 7) is 8.30. The predicted molar refractivity (Wildman–Crippen MR) is 140 cm³/mol. The molecule has 35 heavy (non-hydrogen) atoms. The SMILES string of the molecule is COc1ccc(N2CCN(C(=O)[C@@H](CC(C)C)NS(=O)(=O)c3ccc4nc(C)sc4c3)CC2)cc1. The minimum Gasteiger partial charge on any atom is -0.497 e. The van der Waals surface area contributed by atoms with Gasteiger partial charge in [-0.2, -0.15) is 4.72 Å². The molecule has 188 valence electrons. The van der Waals surface area contributed by atoms with Gasteiger partial charge in [-0.3, -0.25) is 4.79 Å². The van der Waals surface area contributed by atoms with E-state index in [1.54, 1.807) is 30.2 Å². The summed E-state index contributed by atoms with van der Waals surface area (Å²) in [6.07, 6.45) is 0.429. The highest BCUT2D eigenvalue weighted by atomic mass is 32.2. The lowest BCUT2D eigenvalue weighted by Gasteiger charge is -2.38. The minimum atomic E-state index is -3.87. The predicted octanol–water partition coefficient (Wildman–Crippen LogP) is 3.66. The molecule has 2 aromatic carbocycles. The molecule has 2 heterocycles. The lowest BCUT2D eigenvalue weighted by molar-refractivity contribution is -0.133. The zero-order chi connectivity index (χ0) is 25.2. The van der Waals surface area contributed by atoms with Gasteiger partial charge in [0.25, 0.3) is 0 Å². The number of nitrogens with zero attached hydrogens (tertiary/aromatic N) is 3. The van der Waals surface area contributed by atoms with Gasteiger partial charge in [0.05, 0.1) is 27.2 Å². The van der Waals surface area contributed by atoms with Crippen LogP contribution in [0.15, 0.2) is 47.4 Å². The van der Waals surface area contributed by atoms with E-state index in [0.717, 1.165) is 26.7 Å². The number of carbonyl (C=O) groups is 1. The van der Waals surface area contributed by atoms with Crippen LogP contribution in [0.5, 0.6) is 5.75 Å². The Morgan fingerprint density at radius 2 is 1.80 bits per heavy atom. The number of ether oxygens (including phenoxy) is 1. The first-order valence-corrected chi connectivity index (χ1v) is 14.0. The molecule has 10 heteroatoms. The second-order valence-electron chi connectivity index (χ2n) is 9.18. The van der Waals surface area contributed by atoms with Gasteiger partial charge in [0, 0.05) is 31.9 Å². The Balaban J connectivity index is 1.46. The van der Waals surface area contributed by atoms with Crippen LogP contribution in [0.2, 0.25) is 0 Å². The number of methoxy groups -OCH3 is 1. The molecule has 8 nitrogen and oxygen atoms in total. The molecule has 3 aromatic rings. The first-order chi connectivity index (χ1) is 16.7. The van der Waals surface area contributed by atoms with Gasteiger partial charge in [0.15, 0.2) is 0 Å². The van der Waals surface area contributed by atoms with E-state index >= 15 is 0 Å². The van der Waals surface area contributed by atoms with Crippen molar-refractivity contribution in [2.45, 2.75) is 38.1 Å². The van der Waals surface area contributed by atoms with Crippen molar-refractivity contribution in [1.29, 1.82) is 0 Å². The van der Waals surface area contributed by atoms with Gasteiger partial charge in [-0.1, -0.05) is 13.8 Å². The van der Waals surface area contributed by atoms with Crippen molar-refractivity contribution < 1.29 is 17.9 Å². The van der Waals surface area contributed by atoms with Crippen molar-refractivity contribution in [3.8, 4) is 5.75 Å². The highest BCUT2D eigenvalue weighted by Gasteiger charge is 2.32. The van der Waals surface area contributed by atoms with Crippen molar-refractivity contribution >= 4 is 43.2 Å². The average molecular weight is 517 g/mol. The molecule has 0 bridgehead atoms. The fourth-order valence-electron chi connectivity index (χ4n) is 4.31. The zero-order valence-corrected chi connectivity index (χ0v) is 22.2. The standard InChI is InChI=1S/C25H32N4O4S2/c1-17(2)15-23(27-35(31,32)21-9-10-22-24(16-21)34-18(3)26-22)25(30)29-13-11-28(12-14-29)19-5-7-20(33-4)8-6-19/h5-10,16-17,23,27H,11-15H2,1-4H3/t23-/m1/s1. The van der Waals surface area contributed by atoms with Crippen LogP contribution in [0, 0.1) is 12.8 Å². The van der Waals surface area contributed by atoms with E-state index < -0.39 is 16.1 Å². The summed E-state index contributed by atoms with van der Waals surface area (Å²) in [5.41, 5.74) is 1.85. The Labute approximate surface area is 211 Å². The summed E-state index contributed by atoms with van der Waals surface area (Å²) in [6, 6.07) is 11.9. The van der Waals surface area contributed by atoms with Crippen molar-refractivity contribution in [3.05, 3.63) is 47.5 Å². The molecule has 1 aliphatic rings. The molecule has 4 rings (SSSR count). The van der Waals surface area contributed by atoms with Gasteiger partial charge in [-0.25, -0.2) is 13.4 Å². The molecule has 1 aliphatic heterocycles. The molecule has 0 unspecified atom stereocenters. The van der Waals surface area contributed by atoms with Gasteiger partial charge < -0.3 is 14.5 Å². The maximum absolute atomic E-state index is 13.4. The molecule has 1 amide bonds. The smallest absolute Gasteiger partial charge is 0.241 e. The number of hydrogen-bond acceptors (Lipinski definition) is 7. The monoisotopic (exact) mass is 516 g/mol. The Kier molecular flexibility index (Phi) is 7.63. The number of benzene rings is 2. The number of rotatable bonds is 8. The molecule has 0 spiro atoms. The van der Waals surface area contributed by atoms with Crippen molar-refractivity contribution in [3.63, 3.8) is 0 Å². The number of carbonyl (C=O) groups excluding carboxylic acids is 1. The summed E-state index contributed by atoms with van der Waals surface area (Å²) in [7, 11) is -2.23. The topological polar surface area (TPSA) is 91.8 Å². The highest BCUT2D eigenvalue weighted by molar-refractivity contribution is 7.89. The van der Waals surface area contributed by atoms with Gasteiger partial charge in [0.2, 0.25) is 15.9 Å². The van der Waals surface area contributed by atoms with Crippen molar-refractivity contribution in [2.24, 2.45) is 5.92 Å². The third-order valence-corrected chi connectivity index (χ3v) is 8.51. The van der Waals surface area contributed by atoms with Crippen LogP contribution in [0.4, 0.5) is 5.69 Å². The molecule has 0 saturated carbocycles. The molecular formula is C25H32N4O4S2. The number of aryl methyl sites for hydroxylation is 1. The first-order valence-electron chi connectivity index (χ1n) is 11.7.